The highest BCUT2D eigenvalue weighted by molar-refractivity contribution is 7.89. The molecule has 5 rings (SSSR count). The first-order valence-electron chi connectivity index (χ1n) is 11.6. The number of aryl methyl sites for hydroxylation is 1. The van der Waals surface area contributed by atoms with Crippen LogP contribution in [0.5, 0.6) is 0 Å². The summed E-state index contributed by atoms with van der Waals surface area (Å²) in [7, 11) is 0.600. The predicted octanol–water partition coefficient (Wildman–Crippen LogP) is 4.26. The largest absolute Gasteiger partial charge is 0.472 e. The van der Waals surface area contributed by atoms with E-state index in [0.29, 0.717) is 34.4 Å². The van der Waals surface area contributed by atoms with Crippen molar-refractivity contribution in [2.24, 2.45) is 7.05 Å². The van der Waals surface area contributed by atoms with E-state index in [-0.39, 0.29) is 11.7 Å². The molecule has 5 aromatic rings. The van der Waals surface area contributed by atoms with Gasteiger partial charge in [0.1, 0.15) is 17.6 Å². The van der Waals surface area contributed by atoms with E-state index >= 15 is 0 Å². The number of nitrogens with one attached hydrogen (secondary N) is 2. The van der Waals surface area contributed by atoms with Gasteiger partial charge in [0, 0.05) is 32.2 Å². The van der Waals surface area contributed by atoms with Gasteiger partial charge >= 0.3 is 0 Å². The van der Waals surface area contributed by atoms with Gasteiger partial charge in [-0.1, -0.05) is 18.2 Å². The van der Waals surface area contributed by atoms with Crippen LogP contribution in [0.25, 0.3) is 11.0 Å². The zero-order valence-electron chi connectivity index (χ0n) is 20.9. The van der Waals surface area contributed by atoms with E-state index in [2.05, 4.69) is 25.6 Å². The molecule has 0 aliphatic carbocycles. The first-order chi connectivity index (χ1) is 18.2. The molecule has 1 amide bonds. The van der Waals surface area contributed by atoms with Crippen LogP contribution < -0.4 is 15.5 Å². The monoisotopic (exact) mass is 531 g/mol. The molecule has 2 aromatic carbocycles. The first-order valence-corrected chi connectivity index (χ1v) is 13.6. The second-order valence-corrected chi connectivity index (χ2v) is 10.9. The van der Waals surface area contributed by atoms with Gasteiger partial charge in [0.25, 0.3) is 5.91 Å². The molecular formula is C26H25N7O4S. The van der Waals surface area contributed by atoms with Gasteiger partial charge in [0.05, 0.1) is 28.8 Å². The molecular weight excluding hydrogens is 506 g/mol. The van der Waals surface area contributed by atoms with Gasteiger partial charge in [0.15, 0.2) is 9.84 Å². The summed E-state index contributed by atoms with van der Waals surface area (Å²) < 4.78 is 29.9. The van der Waals surface area contributed by atoms with Crippen molar-refractivity contribution in [1.29, 1.82) is 0 Å². The van der Waals surface area contributed by atoms with E-state index in [9.17, 15) is 13.2 Å². The van der Waals surface area contributed by atoms with Crippen LogP contribution in [0.3, 0.4) is 0 Å². The molecule has 0 unspecified atom stereocenters. The number of carbonyl (C=O) groups is 1. The fourth-order valence-corrected chi connectivity index (χ4v) is 4.78. The minimum absolute atomic E-state index is 0.0160. The maximum absolute atomic E-state index is 12.5. The van der Waals surface area contributed by atoms with Gasteiger partial charge in [-0.15, -0.1) is 0 Å². The van der Waals surface area contributed by atoms with Gasteiger partial charge < -0.3 is 19.2 Å². The van der Waals surface area contributed by atoms with E-state index in [1.807, 2.05) is 41.8 Å². The smallest absolute Gasteiger partial charge is 0.261 e. The number of hydrogen-bond acceptors (Lipinski definition) is 9. The molecule has 0 spiro atoms. The molecule has 38 heavy (non-hydrogen) atoms. The standard InChI is InChI=1S/C26H25N7O4S/c1-32(22-11-13-27-25(29-22)28-19-9-7-17(8-10-19)16-38(3,35)36)20-5-4-6-21-23(20)30-26(33(21)2)31-24(34)18-12-14-37-15-18/h4-15H,16H2,1-3H3,(H,27,28,29)(H,30,31,34). The van der Waals surface area contributed by atoms with Crippen molar-refractivity contribution in [1.82, 2.24) is 19.5 Å². The third-order valence-corrected chi connectivity index (χ3v) is 6.74. The van der Waals surface area contributed by atoms with Gasteiger partial charge in [-0.2, -0.15) is 4.98 Å². The Balaban J connectivity index is 1.38. The maximum Gasteiger partial charge on any atom is 0.261 e. The molecule has 194 valence electrons. The zero-order valence-corrected chi connectivity index (χ0v) is 21.7. The fraction of sp³-hybridized carbons (Fsp3) is 0.154. The number of nitrogens with zero attached hydrogens (tertiary/aromatic N) is 5. The lowest BCUT2D eigenvalue weighted by Crippen LogP contribution is -2.14. The van der Waals surface area contributed by atoms with E-state index in [1.165, 1.54) is 18.8 Å². The fourth-order valence-electron chi connectivity index (χ4n) is 3.99. The first kappa shape index (κ1) is 25.0. The van der Waals surface area contributed by atoms with Crippen LogP contribution in [-0.4, -0.2) is 47.1 Å². The molecule has 0 saturated heterocycles. The number of anilines is 5. The Hall–Kier alpha value is -4.71. The number of rotatable bonds is 8. The summed E-state index contributed by atoms with van der Waals surface area (Å²) in [6.07, 6.45) is 5.67. The summed E-state index contributed by atoms with van der Waals surface area (Å²) in [6, 6.07) is 16.2. The minimum atomic E-state index is -3.11. The van der Waals surface area contributed by atoms with Crippen LogP contribution >= 0.6 is 0 Å². The highest BCUT2D eigenvalue weighted by atomic mass is 32.2. The minimum Gasteiger partial charge on any atom is -0.472 e. The van der Waals surface area contributed by atoms with Crippen molar-refractivity contribution in [2.75, 3.05) is 28.8 Å². The number of para-hydroxylation sites is 1. The van der Waals surface area contributed by atoms with Crippen LogP contribution in [0.4, 0.5) is 29.1 Å². The van der Waals surface area contributed by atoms with Crippen molar-refractivity contribution in [3.63, 3.8) is 0 Å². The highest BCUT2D eigenvalue weighted by Gasteiger charge is 2.18. The SMILES string of the molecule is CN(c1ccnc(Nc2ccc(CS(C)(=O)=O)cc2)n1)c1cccc2c1nc(NC(=O)c1ccoc1)n2C. The summed E-state index contributed by atoms with van der Waals surface area (Å²) in [5.74, 6) is 1.07. The summed E-state index contributed by atoms with van der Waals surface area (Å²) in [5, 5.41) is 5.98. The molecule has 3 heterocycles. The van der Waals surface area contributed by atoms with Crippen molar-refractivity contribution in [2.45, 2.75) is 5.75 Å². The summed E-state index contributed by atoms with van der Waals surface area (Å²) in [4.78, 5) is 28.1. The van der Waals surface area contributed by atoms with E-state index in [4.69, 9.17) is 4.42 Å². The van der Waals surface area contributed by atoms with Crippen LogP contribution in [0.2, 0.25) is 0 Å². The quantitative estimate of drug-likeness (QED) is 0.301. The summed E-state index contributed by atoms with van der Waals surface area (Å²) in [5.41, 5.74) is 4.15. The molecule has 3 aromatic heterocycles. The topological polar surface area (TPSA) is 135 Å². The van der Waals surface area contributed by atoms with Crippen molar-refractivity contribution in [3.8, 4) is 0 Å². The van der Waals surface area contributed by atoms with Crippen molar-refractivity contribution >= 4 is 55.9 Å². The Morgan fingerprint density at radius 3 is 2.58 bits per heavy atom. The van der Waals surface area contributed by atoms with Gasteiger partial charge in [-0.05, 0) is 42.0 Å². The summed E-state index contributed by atoms with van der Waals surface area (Å²) in [6.45, 7) is 0. The maximum atomic E-state index is 12.5. The molecule has 12 heteroatoms. The Morgan fingerprint density at radius 1 is 1.08 bits per heavy atom. The molecule has 0 radical (unpaired) electrons. The number of hydrogen-bond donors (Lipinski definition) is 2. The second-order valence-electron chi connectivity index (χ2n) is 8.79. The van der Waals surface area contributed by atoms with E-state index in [0.717, 1.165) is 16.9 Å². The van der Waals surface area contributed by atoms with Crippen molar-refractivity contribution < 1.29 is 17.6 Å². The van der Waals surface area contributed by atoms with E-state index < -0.39 is 9.84 Å². The molecule has 0 fully saturated rings. The highest BCUT2D eigenvalue weighted by Crippen LogP contribution is 2.31. The lowest BCUT2D eigenvalue weighted by Gasteiger charge is -2.19. The van der Waals surface area contributed by atoms with Gasteiger partial charge in [0.2, 0.25) is 11.9 Å². The Bertz CT molecular complexity index is 1710. The number of fused-ring (bicyclic) bond motifs is 1. The number of imidazole rings is 1. The Labute approximate surface area is 219 Å². The number of sulfone groups is 1. The van der Waals surface area contributed by atoms with Crippen LogP contribution in [-0.2, 0) is 22.6 Å². The van der Waals surface area contributed by atoms with Crippen LogP contribution in [0.15, 0.2) is 77.7 Å². The molecule has 0 saturated carbocycles. The average molecular weight is 532 g/mol. The number of aromatic nitrogens is 4. The molecule has 11 nitrogen and oxygen atoms in total. The Morgan fingerprint density at radius 2 is 1.87 bits per heavy atom. The lowest BCUT2D eigenvalue weighted by atomic mass is 10.2. The third-order valence-electron chi connectivity index (χ3n) is 5.88. The number of furan rings is 1. The number of amides is 1. The second kappa shape index (κ2) is 9.98. The lowest BCUT2D eigenvalue weighted by molar-refractivity contribution is 0.102. The molecule has 0 aliphatic heterocycles. The third kappa shape index (κ3) is 5.34. The normalized spacial score (nSPS) is 11.4. The summed E-state index contributed by atoms with van der Waals surface area (Å²) >= 11 is 0. The average Bonchev–Trinajstić information content (AvgIpc) is 3.53. The number of carbonyl (C=O) groups excluding carboxylic acids is 1. The molecule has 0 aliphatic rings. The Kier molecular flexibility index (Phi) is 6.55. The van der Waals surface area contributed by atoms with E-state index in [1.54, 1.807) is 42.6 Å². The van der Waals surface area contributed by atoms with Gasteiger partial charge in [-0.3, -0.25) is 10.1 Å². The van der Waals surface area contributed by atoms with Gasteiger partial charge in [-0.25, -0.2) is 18.4 Å². The molecule has 0 atom stereocenters. The zero-order chi connectivity index (χ0) is 26.9. The number of benzene rings is 2. The van der Waals surface area contributed by atoms with Crippen molar-refractivity contribution in [3.05, 3.63) is 84.4 Å². The molecule has 2 N–H and O–H groups in total. The predicted molar refractivity (Wildman–Crippen MR) is 146 cm³/mol. The van der Waals surface area contributed by atoms with Crippen LogP contribution in [0, 0.1) is 0 Å². The molecule has 0 bridgehead atoms. The van der Waals surface area contributed by atoms with Crippen LogP contribution in [0.1, 0.15) is 15.9 Å².